The molecule has 1 unspecified atom stereocenters. The van der Waals surface area contributed by atoms with Crippen LogP contribution in [0.3, 0.4) is 0 Å². The van der Waals surface area contributed by atoms with Crippen molar-refractivity contribution in [2.75, 3.05) is 6.54 Å². The Morgan fingerprint density at radius 1 is 0.905 bits per heavy atom. The summed E-state index contributed by atoms with van der Waals surface area (Å²) in [5, 5.41) is 3.51. The van der Waals surface area contributed by atoms with Gasteiger partial charge in [0, 0.05) is 6.04 Å². The number of halogens is 1. The highest BCUT2D eigenvalue weighted by atomic mass is 19.1. The van der Waals surface area contributed by atoms with Crippen LogP contribution in [-0.4, -0.2) is 12.6 Å². The fourth-order valence-corrected chi connectivity index (χ4v) is 2.56. The molecule has 0 amide bonds. The van der Waals surface area contributed by atoms with Crippen LogP contribution in [0.1, 0.15) is 25.0 Å². The van der Waals surface area contributed by atoms with E-state index in [0.717, 1.165) is 24.9 Å². The molecule has 0 aliphatic carbocycles. The molecule has 0 spiro atoms. The molecule has 2 aromatic rings. The molecule has 1 nitrogen and oxygen atoms in total. The third kappa shape index (κ3) is 5.68. The number of hydrogen-bond donors (Lipinski definition) is 1. The standard InChI is InChI=1S/C19H24FN/c1-15(2)21-14-18(11-16-7-4-3-5-8-16)12-17-9-6-10-19(20)13-17/h3-10,13,15,18,21H,11-12,14H2,1-2H3. The molecule has 2 rings (SSSR count). The molecule has 0 saturated carbocycles. The van der Waals surface area contributed by atoms with Crippen molar-refractivity contribution in [3.63, 3.8) is 0 Å². The molecule has 0 bridgehead atoms. The van der Waals surface area contributed by atoms with Crippen molar-refractivity contribution in [2.45, 2.75) is 32.7 Å². The summed E-state index contributed by atoms with van der Waals surface area (Å²) >= 11 is 0. The molecule has 112 valence electrons. The van der Waals surface area contributed by atoms with Gasteiger partial charge in [-0.1, -0.05) is 56.3 Å². The van der Waals surface area contributed by atoms with E-state index in [0.29, 0.717) is 12.0 Å². The largest absolute Gasteiger partial charge is 0.314 e. The minimum atomic E-state index is -0.150. The van der Waals surface area contributed by atoms with Gasteiger partial charge in [-0.25, -0.2) is 4.39 Å². The van der Waals surface area contributed by atoms with Gasteiger partial charge in [-0.2, -0.15) is 0 Å². The summed E-state index contributed by atoms with van der Waals surface area (Å²) in [7, 11) is 0. The highest BCUT2D eigenvalue weighted by Gasteiger charge is 2.12. The summed E-state index contributed by atoms with van der Waals surface area (Å²) in [5.41, 5.74) is 2.41. The minimum Gasteiger partial charge on any atom is -0.314 e. The van der Waals surface area contributed by atoms with Crippen molar-refractivity contribution in [1.29, 1.82) is 0 Å². The molecule has 2 aromatic carbocycles. The second-order valence-electron chi connectivity index (χ2n) is 5.95. The maximum atomic E-state index is 13.3. The van der Waals surface area contributed by atoms with Gasteiger partial charge in [0.25, 0.3) is 0 Å². The Morgan fingerprint density at radius 2 is 1.57 bits per heavy atom. The van der Waals surface area contributed by atoms with Crippen LogP contribution in [0.4, 0.5) is 4.39 Å². The Balaban J connectivity index is 2.04. The zero-order chi connectivity index (χ0) is 15.1. The van der Waals surface area contributed by atoms with E-state index < -0.39 is 0 Å². The van der Waals surface area contributed by atoms with E-state index in [1.807, 2.05) is 12.1 Å². The van der Waals surface area contributed by atoms with Gasteiger partial charge < -0.3 is 5.32 Å². The summed E-state index contributed by atoms with van der Waals surface area (Å²) in [6.07, 6.45) is 1.91. The third-order valence-electron chi connectivity index (χ3n) is 3.60. The Morgan fingerprint density at radius 3 is 2.24 bits per heavy atom. The van der Waals surface area contributed by atoms with Crippen LogP contribution in [-0.2, 0) is 12.8 Å². The lowest BCUT2D eigenvalue weighted by atomic mass is 9.92. The zero-order valence-corrected chi connectivity index (χ0v) is 12.9. The third-order valence-corrected chi connectivity index (χ3v) is 3.60. The molecule has 1 N–H and O–H groups in total. The molecule has 0 fully saturated rings. The molecule has 1 atom stereocenters. The Bertz CT molecular complexity index is 536. The van der Waals surface area contributed by atoms with E-state index in [9.17, 15) is 4.39 Å². The summed E-state index contributed by atoms with van der Waals surface area (Å²) < 4.78 is 13.3. The first-order valence-electron chi connectivity index (χ1n) is 7.65. The number of nitrogens with one attached hydrogen (secondary N) is 1. The lowest BCUT2D eigenvalue weighted by Gasteiger charge is -2.20. The fourth-order valence-electron chi connectivity index (χ4n) is 2.56. The Kier molecular flexibility index (Phi) is 5.94. The van der Waals surface area contributed by atoms with Crippen molar-refractivity contribution >= 4 is 0 Å². The number of benzene rings is 2. The molecule has 21 heavy (non-hydrogen) atoms. The van der Waals surface area contributed by atoms with Crippen LogP contribution in [0.15, 0.2) is 54.6 Å². The van der Waals surface area contributed by atoms with Crippen LogP contribution in [0.5, 0.6) is 0 Å². The molecule has 0 aliphatic rings. The van der Waals surface area contributed by atoms with Crippen molar-refractivity contribution in [2.24, 2.45) is 5.92 Å². The maximum Gasteiger partial charge on any atom is 0.123 e. The van der Waals surface area contributed by atoms with Gasteiger partial charge in [0.2, 0.25) is 0 Å². The topological polar surface area (TPSA) is 12.0 Å². The number of rotatable bonds is 7. The van der Waals surface area contributed by atoms with Crippen molar-refractivity contribution in [1.82, 2.24) is 5.32 Å². The van der Waals surface area contributed by atoms with E-state index >= 15 is 0 Å². The van der Waals surface area contributed by atoms with Crippen LogP contribution >= 0.6 is 0 Å². The maximum absolute atomic E-state index is 13.3. The lowest BCUT2D eigenvalue weighted by Crippen LogP contribution is -2.31. The molecule has 0 radical (unpaired) electrons. The van der Waals surface area contributed by atoms with Crippen LogP contribution in [0, 0.1) is 11.7 Å². The first-order valence-corrected chi connectivity index (χ1v) is 7.65. The minimum absolute atomic E-state index is 0.150. The second-order valence-corrected chi connectivity index (χ2v) is 5.95. The monoisotopic (exact) mass is 285 g/mol. The van der Waals surface area contributed by atoms with Gasteiger partial charge >= 0.3 is 0 Å². The quantitative estimate of drug-likeness (QED) is 0.803. The summed E-state index contributed by atoms with van der Waals surface area (Å²) in [6.45, 7) is 5.26. The van der Waals surface area contributed by atoms with E-state index in [1.54, 1.807) is 12.1 Å². The van der Waals surface area contributed by atoms with Gasteiger partial charge in [0.05, 0.1) is 0 Å². The predicted octanol–water partition coefficient (Wildman–Crippen LogP) is 4.23. The summed E-state index contributed by atoms with van der Waals surface area (Å²) in [5.74, 6) is 0.319. The Hall–Kier alpha value is -1.67. The van der Waals surface area contributed by atoms with Gasteiger partial charge in [0.15, 0.2) is 0 Å². The van der Waals surface area contributed by atoms with Crippen LogP contribution < -0.4 is 5.32 Å². The molecule has 0 aliphatic heterocycles. The van der Waals surface area contributed by atoms with Crippen LogP contribution in [0.2, 0.25) is 0 Å². The second kappa shape index (κ2) is 7.94. The zero-order valence-electron chi connectivity index (χ0n) is 12.9. The highest BCUT2D eigenvalue weighted by Crippen LogP contribution is 2.15. The highest BCUT2D eigenvalue weighted by molar-refractivity contribution is 5.19. The Labute approximate surface area is 127 Å². The van der Waals surface area contributed by atoms with Crippen LogP contribution in [0.25, 0.3) is 0 Å². The van der Waals surface area contributed by atoms with Gasteiger partial charge in [-0.3, -0.25) is 0 Å². The molecule has 0 aromatic heterocycles. The van der Waals surface area contributed by atoms with Gasteiger partial charge in [-0.05, 0) is 48.6 Å². The first-order chi connectivity index (χ1) is 10.1. The van der Waals surface area contributed by atoms with Crippen molar-refractivity contribution in [3.05, 3.63) is 71.5 Å². The van der Waals surface area contributed by atoms with E-state index in [2.05, 4.69) is 43.4 Å². The van der Waals surface area contributed by atoms with Gasteiger partial charge in [-0.15, -0.1) is 0 Å². The summed E-state index contributed by atoms with van der Waals surface area (Å²) in [4.78, 5) is 0. The van der Waals surface area contributed by atoms with E-state index in [4.69, 9.17) is 0 Å². The van der Waals surface area contributed by atoms with Crippen molar-refractivity contribution < 1.29 is 4.39 Å². The summed E-state index contributed by atoms with van der Waals surface area (Å²) in [6, 6.07) is 17.9. The molecular formula is C19H24FN. The molecular weight excluding hydrogens is 261 g/mol. The predicted molar refractivity (Wildman–Crippen MR) is 86.9 cm³/mol. The molecule has 2 heteroatoms. The van der Waals surface area contributed by atoms with E-state index in [-0.39, 0.29) is 5.82 Å². The molecule has 0 heterocycles. The smallest absolute Gasteiger partial charge is 0.123 e. The lowest BCUT2D eigenvalue weighted by molar-refractivity contribution is 0.443. The first kappa shape index (κ1) is 15.7. The van der Waals surface area contributed by atoms with Gasteiger partial charge in [0.1, 0.15) is 5.82 Å². The average molecular weight is 285 g/mol. The molecule has 0 saturated heterocycles. The number of hydrogen-bond acceptors (Lipinski definition) is 1. The van der Waals surface area contributed by atoms with Crippen molar-refractivity contribution in [3.8, 4) is 0 Å². The fraction of sp³-hybridized carbons (Fsp3) is 0.368. The average Bonchev–Trinajstić information content (AvgIpc) is 2.46. The normalized spacial score (nSPS) is 12.6. The SMILES string of the molecule is CC(C)NCC(Cc1ccccc1)Cc1cccc(F)c1. The van der Waals surface area contributed by atoms with E-state index in [1.165, 1.54) is 11.6 Å².